The van der Waals surface area contributed by atoms with E-state index in [0.29, 0.717) is 0 Å². The molecule has 0 saturated heterocycles. The summed E-state index contributed by atoms with van der Waals surface area (Å²) in [7, 11) is 1.66. The van der Waals surface area contributed by atoms with E-state index in [1.54, 1.807) is 7.11 Å². The van der Waals surface area contributed by atoms with Crippen LogP contribution in [-0.4, -0.2) is 19.1 Å². The monoisotopic (exact) mass is 326 g/mol. The highest BCUT2D eigenvalue weighted by molar-refractivity contribution is 5.94. The lowest BCUT2D eigenvalue weighted by Crippen LogP contribution is -2.40. The fourth-order valence-corrected chi connectivity index (χ4v) is 2.64. The Labute approximate surface area is 144 Å². The van der Waals surface area contributed by atoms with Crippen molar-refractivity contribution in [3.05, 3.63) is 59.7 Å². The summed E-state index contributed by atoms with van der Waals surface area (Å²) < 4.78 is 5.19. The second-order valence-corrected chi connectivity index (χ2v) is 5.98. The minimum absolute atomic E-state index is 0.0347. The number of carbonyl (C=O) groups is 1. The van der Waals surface area contributed by atoms with Gasteiger partial charge in [0.1, 0.15) is 5.75 Å². The Morgan fingerprint density at radius 1 is 1.17 bits per heavy atom. The highest BCUT2D eigenvalue weighted by atomic mass is 16.5. The van der Waals surface area contributed by atoms with Crippen molar-refractivity contribution in [3.63, 3.8) is 0 Å². The first-order valence-electron chi connectivity index (χ1n) is 8.31. The number of hydrogen-bond donors (Lipinski definition) is 2. The van der Waals surface area contributed by atoms with Crippen LogP contribution < -0.4 is 15.4 Å². The molecule has 0 saturated carbocycles. The molecule has 2 atom stereocenters. The molecular formula is C20H26N2O2. The summed E-state index contributed by atoms with van der Waals surface area (Å²) >= 11 is 0. The molecule has 128 valence electrons. The van der Waals surface area contributed by atoms with Crippen LogP contribution in [0.1, 0.15) is 37.4 Å². The van der Waals surface area contributed by atoms with Gasteiger partial charge in [-0.05, 0) is 55.7 Å². The molecule has 4 nitrogen and oxygen atoms in total. The minimum Gasteiger partial charge on any atom is -0.497 e. The summed E-state index contributed by atoms with van der Waals surface area (Å²) in [6.07, 6.45) is 0.897. The molecule has 0 spiro atoms. The normalized spacial score (nSPS) is 13.2. The molecule has 2 N–H and O–H groups in total. The minimum atomic E-state index is -0.294. The molecule has 2 aromatic carbocycles. The molecule has 2 rings (SSSR count). The Hall–Kier alpha value is -2.33. The molecule has 1 amide bonds. The maximum Gasteiger partial charge on any atom is 0.241 e. The zero-order chi connectivity index (χ0) is 17.5. The van der Waals surface area contributed by atoms with Crippen LogP contribution in [0, 0.1) is 6.92 Å². The molecule has 4 heteroatoms. The number of nitrogens with one attached hydrogen (secondary N) is 2. The zero-order valence-corrected chi connectivity index (χ0v) is 14.8. The molecule has 0 radical (unpaired) electrons. The van der Waals surface area contributed by atoms with Crippen LogP contribution in [0.25, 0.3) is 0 Å². The fraction of sp³-hybridized carbons (Fsp3) is 0.350. The topological polar surface area (TPSA) is 50.4 Å². The number of ether oxygens (including phenoxy) is 1. The molecule has 24 heavy (non-hydrogen) atoms. The third-order valence-electron chi connectivity index (χ3n) is 4.06. The Morgan fingerprint density at radius 2 is 1.88 bits per heavy atom. The van der Waals surface area contributed by atoms with Crippen LogP contribution in [-0.2, 0) is 4.79 Å². The van der Waals surface area contributed by atoms with Crippen molar-refractivity contribution in [1.29, 1.82) is 0 Å². The summed E-state index contributed by atoms with van der Waals surface area (Å²) in [4.78, 5) is 12.4. The first-order chi connectivity index (χ1) is 11.5. The van der Waals surface area contributed by atoms with Crippen LogP contribution in [0.3, 0.4) is 0 Å². The van der Waals surface area contributed by atoms with Gasteiger partial charge in [0.15, 0.2) is 0 Å². The van der Waals surface area contributed by atoms with Gasteiger partial charge in [-0.15, -0.1) is 0 Å². The molecule has 2 aromatic rings. The van der Waals surface area contributed by atoms with Crippen molar-refractivity contribution in [2.45, 2.75) is 39.3 Å². The largest absolute Gasteiger partial charge is 0.497 e. The lowest BCUT2D eigenvalue weighted by atomic mass is 10.0. The third kappa shape index (κ3) is 4.83. The van der Waals surface area contributed by atoms with Crippen LogP contribution in [0.5, 0.6) is 5.75 Å². The number of rotatable bonds is 7. The number of carbonyl (C=O) groups excluding carboxylic acids is 1. The lowest BCUT2D eigenvalue weighted by Gasteiger charge is -2.22. The van der Waals surface area contributed by atoms with Gasteiger partial charge >= 0.3 is 0 Å². The van der Waals surface area contributed by atoms with Crippen LogP contribution in [0.2, 0.25) is 0 Å². The summed E-state index contributed by atoms with van der Waals surface area (Å²) in [6, 6.07) is 15.6. The van der Waals surface area contributed by atoms with E-state index in [1.165, 1.54) is 0 Å². The van der Waals surface area contributed by atoms with Crippen molar-refractivity contribution in [2.24, 2.45) is 0 Å². The molecule has 0 aliphatic carbocycles. The van der Waals surface area contributed by atoms with Gasteiger partial charge in [0.2, 0.25) is 5.91 Å². The Kier molecular flexibility index (Phi) is 6.38. The Morgan fingerprint density at radius 3 is 2.46 bits per heavy atom. The first-order valence-corrected chi connectivity index (χ1v) is 8.31. The van der Waals surface area contributed by atoms with E-state index in [0.717, 1.165) is 29.0 Å². The highest BCUT2D eigenvalue weighted by Gasteiger charge is 2.18. The average molecular weight is 326 g/mol. The third-order valence-corrected chi connectivity index (χ3v) is 4.06. The molecule has 0 unspecified atom stereocenters. The maximum atomic E-state index is 12.4. The lowest BCUT2D eigenvalue weighted by molar-refractivity contribution is -0.118. The van der Waals surface area contributed by atoms with Gasteiger partial charge in [-0.2, -0.15) is 0 Å². The van der Waals surface area contributed by atoms with Gasteiger partial charge in [0.05, 0.1) is 13.2 Å². The van der Waals surface area contributed by atoms with Crippen LogP contribution >= 0.6 is 0 Å². The molecule has 0 bridgehead atoms. The van der Waals surface area contributed by atoms with Crippen molar-refractivity contribution in [2.75, 3.05) is 12.4 Å². The van der Waals surface area contributed by atoms with E-state index in [9.17, 15) is 4.79 Å². The van der Waals surface area contributed by atoms with Gasteiger partial charge in [-0.1, -0.05) is 31.2 Å². The predicted molar refractivity (Wildman–Crippen MR) is 98.4 cm³/mol. The second kappa shape index (κ2) is 8.50. The molecular weight excluding hydrogens is 300 g/mol. The fourth-order valence-electron chi connectivity index (χ4n) is 2.64. The van der Waals surface area contributed by atoms with Gasteiger partial charge in [-0.3, -0.25) is 10.1 Å². The number of aryl methyl sites for hydroxylation is 1. The molecule has 0 fully saturated rings. The van der Waals surface area contributed by atoms with E-state index in [-0.39, 0.29) is 18.0 Å². The first kappa shape index (κ1) is 18.0. The number of anilines is 1. The quantitative estimate of drug-likeness (QED) is 0.806. The second-order valence-electron chi connectivity index (χ2n) is 5.98. The highest BCUT2D eigenvalue weighted by Crippen LogP contribution is 2.21. The van der Waals surface area contributed by atoms with Crippen LogP contribution in [0.4, 0.5) is 5.69 Å². The Balaban J connectivity index is 1.99. The number of hydrogen-bond acceptors (Lipinski definition) is 3. The summed E-state index contributed by atoms with van der Waals surface area (Å²) in [5.74, 6) is 0.798. The van der Waals surface area contributed by atoms with E-state index in [1.807, 2.05) is 62.4 Å². The average Bonchev–Trinajstić information content (AvgIpc) is 2.59. The standard InChI is InChI=1S/C20H26N2O2/c1-5-19(16-9-11-18(24-4)12-10-16)21-15(3)20(23)22-17-8-6-7-14(2)13-17/h6-13,15,19,21H,5H2,1-4H3,(H,22,23)/t15-,19-/m0/s1. The van der Waals surface area contributed by atoms with Gasteiger partial charge in [-0.25, -0.2) is 0 Å². The summed E-state index contributed by atoms with van der Waals surface area (Å²) in [5, 5.41) is 6.36. The smallest absolute Gasteiger partial charge is 0.241 e. The molecule has 0 aliphatic rings. The summed E-state index contributed by atoms with van der Waals surface area (Å²) in [6.45, 7) is 6.00. The van der Waals surface area contributed by atoms with Crippen molar-refractivity contribution < 1.29 is 9.53 Å². The Bertz CT molecular complexity index is 668. The number of amides is 1. The number of benzene rings is 2. The number of methoxy groups -OCH3 is 1. The zero-order valence-electron chi connectivity index (χ0n) is 14.8. The van der Waals surface area contributed by atoms with Crippen molar-refractivity contribution in [1.82, 2.24) is 5.32 Å². The van der Waals surface area contributed by atoms with Gasteiger partial charge in [0, 0.05) is 11.7 Å². The summed E-state index contributed by atoms with van der Waals surface area (Å²) in [5.41, 5.74) is 3.10. The molecule has 0 aromatic heterocycles. The SMILES string of the molecule is CC[C@H](N[C@@H](C)C(=O)Nc1cccc(C)c1)c1ccc(OC)cc1. The maximum absolute atomic E-state index is 12.4. The van der Waals surface area contributed by atoms with E-state index in [4.69, 9.17) is 4.74 Å². The van der Waals surface area contributed by atoms with Crippen molar-refractivity contribution >= 4 is 11.6 Å². The molecule has 0 aliphatic heterocycles. The van der Waals surface area contributed by atoms with Gasteiger partial charge < -0.3 is 10.1 Å². The van der Waals surface area contributed by atoms with Crippen LogP contribution in [0.15, 0.2) is 48.5 Å². The van der Waals surface area contributed by atoms with E-state index < -0.39 is 0 Å². The van der Waals surface area contributed by atoms with E-state index in [2.05, 4.69) is 17.6 Å². The molecule has 0 heterocycles. The predicted octanol–water partition coefficient (Wildman–Crippen LogP) is 4.07. The van der Waals surface area contributed by atoms with E-state index >= 15 is 0 Å². The van der Waals surface area contributed by atoms with Gasteiger partial charge in [0.25, 0.3) is 0 Å². The van der Waals surface area contributed by atoms with Crippen molar-refractivity contribution in [3.8, 4) is 5.75 Å².